The monoisotopic (exact) mass is 336 g/mol. The summed E-state index contributed by atoms with van der Waals surface area (Å²) >= 11 is 0. The van der Waals surface area contributed by atoms with Crippen LogP contribution in [0.1, 0.15) is 5.56 Å². The maximum Gasteiger partial charge on any atom is 0.346 e. The zero-order valence-electron chi connectivity index (χ0n) is 14.0. The molecule has 0 spiro atoms. The lowest BCUT2D eigenvalue weighted by Crippen LogP contribution is -2.37. The van der Waals surface area contributed by atoms with E-state index < -0.39 is 0 Å². The van der Waals surface area contributed by atoms with E-state index in [1.165, 1.54) is 10.9 Å². The molecule has 1 aliphatic heterocycles. The fourth-order valence-electron chi connectivity index (χ4n) is 3.32. The predicted molar refractivity (Wildman–Crippen MR) is 98.5 cm³/mol. The van der Waals surface area contributed by atoms with Crippen molar-refractivity contribution in [3.8, 4) is 11.4 Å². The van der Waals surface area contributed by atoms with Gasteiger partial charge in [-0.2, -0.15) is 0 Å². The molecule has 3 heterocycles. The van der Waals surface area contributed by atoms with E-state index in [0.717, 1.165) is 36.0 Å². The van der Waals surface area contributed by atoms with Gasteiger partial charge in [0.1, 0.15) is 0 Å². The largest absolute Gasteiger partial charge is 0.393 e. The molecule has 3 aromatic rings. The van der Waals surface area contributed by atoms with Crippen LogP contribution in [-0.2, 0) is 6.54 Å². The number of aliphatic hydroxyl groups is 1. The van der Waals surface area contributed by atoms with Crippen LogP contribution < -0.4 is 10.6 Å². The zero-order chi connectivity index (χ0) is 17.1. The van der Waals surface area contributed by atoms with Crippen LogP contribution in [0.15, 0.2) is 48.7 Å². The van der Waals surface area contributed by atoms with Gasteiger partial charge in [0.15, 0.2) is 0 Å². The number of pyridine rings is 1. The first-order chi connectivity index (χ1) is 12.4. The molecule has 6 heteroatoms. The van der Waals surface area contributed by atoms with Gasteiger partial charge in [0.05, 0.1) is 44.2 Å². The number of nitrogens with zero attached hydrogens (tertiary/aromatic N) is 2. The standard InChI is InChI=1S/C19H21N5O/c25-12-11-24(19-21-9-10-22-19)13-15-14-5-1-2-6-16(14)23-18(15)17-7-3-4-8-20-17/h1-8,25H,9-13H2,(H2,20,21,22,23)/p+1. The molecule has 1 aromatic carbocycles. The Hall–Kier alpha value is -2.86. The molecule has 4 N–H and O–H groups in total. The molecule has 6 nitrogen and oxygen atoms in total. The third-order valence-corrected chi connectivity index (χ3v) is 4.48. The molecule has 0 saturated carbocycles. The van der Waals surface area contributed by atoms with Crippen molar-refractivity contribution in [2.75, 3.05) is 26.2 Å². The molecule has 1 aliphatic rings. The number of benzene rings is 1. The molecule has 1 fully saturated rings. The van der Waals surface area contributed by atoms with Gasteiger partial charge in [-0.3, -0.25) is 20.2 Å². The topological polar surface area (TPSA) is 76.0 Å². The van der Waals surface area contributed by atoms with Gasteiger partial charge >= 0.3 is 5.96 Å². The fourth-order valence-corrected chi connectivity index (χ4v) is 3.32. The highest BCUT2D eigenvalue weighted by Gasteiger charge is 2.21. The number of fused-ring (bicyclic) bond motifs is 1. The van der Waals surface area contributed by atoms with E-state index in [9.17, 15) is 5.11 Å². The molecule has 4 rings (SSSR count). The lowest BCUT2D eigenvalue weighted by atomic mass is 10.1. The second-order valence-electron chi connectivity index (χ2n) is 6.09. The van der Waals surface area contributed by atoms with Crippen LogP contribution in [0.25, 0.3) is 22.3 Å². The Bertz CT molecular complexity index is 893. The van der Waals surface area contributed by atoms with E-state index >= 15 is 0 Å². The molecule has 25 heavy (non-hydrogen) atoms. The van der Waals surface area contributed by atoms with Crippen molar-refractivity contribution in [2.24, 2.45) is 0 Å². The zero-order valence-corrected chi connectivity index (χ0v) is 14.0. The number of aliphatic hydroxyl groups excluding tert-OH is 1. The minimum absolute atomic E-state index is 0.105. The summed E-state index contributed by atoms with van der Waals surface area (Å²) in [5.74, 6) is 0.978. The van der Waals surface area contributed by atoms with Crippen molar-refractivity contribution in [1.29, 1.82) is 0 Å². The predicted octanol–water partition coefficient (Wildman–Crippen LogP) is 1.28. The number of para-hydroxylation sites is 1. The highest BCUT2D eigenvalue weighted by atomic mass is 16.3. The Balaban J connectivity index is 1.83. The van der Waals surface area contributed by atoms with Gasteiger partial charge in [0.2, 0.25) is 0 Å². The van der Waals surface area contributed by atoms with Crippen LogP contribution in [0.3, 0.4) is 0 Å². The van der Waals surface area contributed by atoms with Crippen LogP contribution in [0, 0.1) is 0 Å². The first-order valence-corrected chi connectivity index (χ1v) is 8.58. The van der Waals surface area contributed by atoms with Crippen LogP contribution in [0.5, 0.6) is 0 Å². The summed E-state index contributed by atoms with van der Waals surface area (Å²) in [6.07, 6.45) is 1.81. The molecule has 0 amide bonds. The van der Waals surface area contributed by atoms with Crippen molar-refractivity contribution in [2.45, 2.75) is 6.54 Å². The number of guanidine groups is 1. The van der Waals surface area contributed by atoms with E-state index in [1.807, 2.05) is 30.5 Å². The number of hydrogen-bond donors (Lipinski definition) is 4. The fraction of sp³-hybridized carbons (Fsp3) is 0.263. The normalized spacial score (nSPS) is 13.7. The smallest absolute Gasteiger partial charge is 0.346 e. The van der Waals surface area contributed by atoms with Gasteiger partial charge < -0.3 is 10.1 Å². The van der Waals surface area contributed by atoms with E-state index in [0.29, 0.717) is 13.1 Å². The summed E-state index contributed by atoms with van der Waals surface area (Å²) in [6.45, 7) is 3.16. The average Bonchev–Trinajstić information content (AvgIpc) is 3.30. The molecule has 2 aromatic heterocycles. The summed E-state index contributed by atoms with van der Waals surface area (Å²) in [5, 5.41) is 17.4. The maximum absolute atomic E-state index is 9.49. The second kappa shape index (κ2) is 6.94. The van der Waals surface area contributed by atoms with Crippen molar-refractivity contribution < 1.29 is 9.68 Å². The Morgan fingerprint density at radius 1 is 1.04 bits per heavy atom. The van der Waals surface area contributed by atoms with E-state index in [-0.39, 0.29) is 6.61 Å². The highest BCUT2D eigenvalue weighted by molar-refractivity contribution is 5.90. The molecular formula is C19H22N5O+. The quantitative estimate of drug-likeness (QED) is 0.530. The van der Waals surface area contributed by atoms with Gasteiger partial charge in [-0.1, -0.05) is 24.3 Å². The second-order valence-corrected chi connectivity index (χ2v) is 6.09. The molecule has 0 aliphatic carbocycles. The third kappa shape index (κ3) is 3.08. The third-order valence-electron chi connectivity index (χ3n) is 4.48. The summed E-state index contributed by atoms with van der Waals surface area (Å²) < 4.78 is 2.15. The lowest BCUT2D eigenvalue weighted by molar-refractivity contribution is -0.548. The van der Waals surface area contributed by atoms with Crippen LogP contribution in [0.2, 0.25) is 0 Å². The molecule has 0 radical (unpaired) electrons. The lowest BCUT2D eigenvalue weighted by Gasteiger charge is -2.11. The van der Waals surface area contributed by atoms with Gasteiger partial charge in [-0.15, -0.1) is 0 Å². The van der Waals surface area contributed by atoms with Crippen molar-refractivity contribution in [3.05, 3.63) is 54.2 Å². The van der Waals surface area contributed by atoms with Crippen LogP contribution in [0.4, 0.5) is 0 Å². The first kappa shape index (κ1) is 15.7. The number of aromatic amines is 1. The Kier molecular flexibility index (Phi) is 4.35. The highest BCUT2D eigenvalue weighted by Crippen LogP contribution is 2.29. The number of aromatic nitrogens is 2. The van der Waals surface area contributed by atoms with Gasteiger partial charge in [0.25, 0.3) is 0 Å². The van der Waals surface area contributed by atoms with E-state index in [2.05, 4.69) is 43.4 Å². The van der Waals surface area contributed by atoms with Crippen LogP contribution >= 0.6 is 0 Å². The Labute approximate surface area is 146 Å². The molecular weight excluding hydrogens is 314 g/mol. The number of H-pyrrole nitrogens is 1. The summed E-state index contributed by atoms with van der Waals surface area (Å²) in [6, 6.07) is 14.2. The molecule has 128 valence electrons. The van der Waals surface area contributed by atoms with Crippen molar-refractivity contribution >= 4 is 16.9 Å². The van der Waals surface area contributed by atoms with Gasteiger partial charge in [-0.05, 0) is 18.2 Å². The molecule has 0 bridgehead atoms. The SMILES string of the molecule is OCC[N+](Cc1c(-c2ccccn2)[nH]c2ccccc12)=C1NCCN1. The Morgan fingerprint density at radius 2 is 1.84 bits per heavy atom. The number of rotatable bonds is 5. The molecule has 0 atom stereocenters. The van der Waals surface area contributed by atoms with Crippen LogP contribution in [-0.4, -0.2) is 51.9 Å². The first-order valence-electron chi connectivity index (χ1n) is 8.58. The van der Waals surface area contributed by atoms with E-state index in [1.54, 1.807) is 0 Å². The summed E-state index contributed by atoms with van der Waals surface area (Å²) in [4.78, 5) is 8.04. The maximum atomic E-state index is 9.49. The summed E-state index contributed by atoms with van der Waals surface area (Å²) in [7, 11) is 0. The van der Waals surface area contributed by atoms with E-state index in [4.69, 9.17) is 0 Å². The Morgan fingerprint density at radius 3 is 2.60 bits per heavy atom. The molecule has 1 saturated heterocycles. The summed E-state index contributed by atoms with van der Waals surface area (Å²) in [5.41, 5.74) is 4.24. The number of hydrogen-bond acceptors (Lipinski definition) is 2. The van der Waals surface area contributed by atoms with Crippen molar-refractivity contribution in [3.63, 3.8) is 0 Å². The van der Waals surface area contributed by atoms with Crippen molar-refractivity contribution in [1.82, 2.24) is 20.6 Å². The molecule has 0 unspecified atom stereocenters. The minimum Gasteiger partial charge on any atom is -0.393 e. The minimum atomic E-state index is 0.105. The average molecular weight is 336 g/mol. The number of nitrogens with one attached hydrogen (secondary N) is 3. The van der Waals surface area contributed by atoms with Gasteiger partial charge in [0, 0.05) is 22.7 Å². The van der Waals surface area contributed by atoms with Gasteiger partial charge in [-0.25, -0.2) is 0 Å².